The predicted molar refractivity (Wildman–Crippen MR) is 55.5 cm³/mol. The molecule has 3 heteroatoms. The highest BCUT2D eigenvalue weighted by Gasteiger charge is 1.98. The van der Waals surface area contributed by atoms with Gasteiger partial charge in [-0.05, 0) is 30.5 Å². The van der Waals surface area contributed by atoms with E-state index < -0.39 is 0 Å². The summed E-state index contributed by atoms with van der Waals surface area (Å²) < 4.78 is 0. The SMILES string of the molecule is O=CCCCc1ccc(Cl)c(Cl)c1. The zero-order valence-electron chi connectivity index (χ0n) is 7.09. The van der Waals surface area contributed by atoms with Gasteiger partial charge in [0, 0.05) is 6.42 Å². The lowest BCUT2D eigenvalue weighted by Gasteiger charge is -2.00. The van der Waals surface area contributed by atoms with Gasteiger partial charge in [-0.3, -0.25) is 0 Å². The van der Waals surface area contributed by atoms with Crippen molar-refractivity contribution in [3.8, 4) is 0 Å². The molecule has 0 radical (unpaired) electrons. The molecule has 0 aliphatic rings. The fraction of sp³-hybridized carbons (Fsp3) is 0.300. The monoisotopic (exact) mass is 216 g/mol. The molecule has 1 aromatic rings. The lowest BCUT2D eigenvalue weighted by atomic mass is 10.1. The minimum atomic E-state index is 0.570. The molecule has 1 aromatic carbocycles. The van der Waals surface area contributed by atoms with Gasteiger partial charge in [-0.25, -0.2) is 0 Å². The molecule has 0 aliphatic heterocycles. The summed E-state index contributed by atoms with van der Waals surface area (Å²) in [7, 11) is 0. The molecule has 70 valence electrons. The lowest BCUT2D eigenvalue weighted by Crippen LogP contribution is -1.86. The maximum absolute atomic E-state index is 10.1. The molecule has 0 N–H and O–H groups in total. The maximum atomic E-state index is 10.1. The van der Waals surface area contributed by atoms with E-state index in [1.165, 1.54) is 0 Å². The Kier molecular flexibility index (Phi) is 4.26. The molecular formula is C10H10Cl2O. The second-order valence-electron chi connectivity index (χ2n) is 2.81. The summed E-state index contributed by atoms with van der Waals surface area (Å²) >= 11 is 11.6. The summed E-state index contributed by atoms with van der Waals surface area (Å²) in [5.41, 5.74) is 1.12. The minimum absolute atomic E-state index is 0.570. The number of aryl methyl sites for hydroxylation is 1. The first kappa shape index (κ1) is 10.6. The summed E-state index contributed by atoms with van der Waals surface area (Å²) in [4.78, 5) is 10.1. The van der Waals surface area contributed by atoms with Crippen LogP contribution in [0.25, 0.3) is 0 Å². The number of unbranched alkanes of at least 4 members (excludes halogenated alkanes) is 1. The van der Waals surface area contributed by atoms with Gasteiger partial charge in [0.15, 0.2) is 0 Å². The maximum Gasteiger partial charge on any atom is 0.120 e. The molecule has 0 amide bonds. The number of benzene rings is 1. The third-order valence-corrected chi connectivity index (χ3v) is 2.51. The van der Waals surface area contributed by atoms with Crippen LogP contribution in [0.1, 0.15) is 18.4 Å². The quantitative estimate of drug-likeness (QED) is 0.557. The van der Waals surface area contributed by atoms with Gasteiger partial charge in [0.1, 0.15) is 6.29 Å². The molecule has 0 saturated heterocycles. The number of halogens is 2. The van der Waals surface area contributed by atoms with Crippen molar-refractivity contribution in [1.82, 2.24) is 0 Å². The highest BCUT2D eigenvalue weighted by atomic mass is 35.5. The van der Waals surface area contributed by atoms with Crippen LogP contribution in [-0.2, 0) is 11.2 Å². The van der Waals surface area contributed by atoms with Crippen molar-refractivity contribution in [2.45, 2.75) is 19.3 Å². The first-order chi connectivity index (χ1) is 6.24. The smallest absolute Gasteiger partial charge is 0.120 e. The molecule has 13 heavy (non-hydrogen) atoms. The molecule has 0 bridgehead atoms. The second-order valence-corrected chi connectivity index (χ2v) is 3.62. The van der Waals surface area contributed by atoms with E-state index in [1.54, 1.807) is 6.07 Å². The molecule has 1 rings (SSSR count). The molecule has 0 unspecified atom stereocenters. The summed E-state index contributed by atoms with van der Waals surface area (Å²) in [6, 6.07) is 5.55. The molecule has 0 atom stereocenters. The molecule has 0 aromatic heterocycles. The summed E-state index contributed by atoms with van der Waals surface area (Å²) in [5, 5.41) is 1.14. The standard InChI is InChI=1S/C10H10Cl2O/c11-9-5-4-8(7-10(9)12)3-1-2-6-13/h4-7H,1-3H2. The highest BCUT2D eigenvalue weighted by Crippen LogP contribution is 2.23. The van der Waals surface area contributed by atoms with Crippen molar-refractivity contribution in [3.05, 3.63) is 33.8 Å². The molecular weight excluding hydrogens is 207 g/mol. The van der Waals surface area contributed by atoms with Crippen molar-refractivity contribution >= 4 is 29.5 Å². The normalized spacial score (nSPS) is 10.0. The van der Waals surface area contributed by atoms with Crippen LogP contribution in [0.15, 0.2) is 18.2 Å². The molecule has 0 aliphatic carbocycles. The van der Waals surface area contributed by atoms with Gasteiger partial charge in [0.05, 0.1) is 10.0 Å². The van der Waals surface area contributed by atoms with Crippen LogP contribution in [0.5, 0.6) is 0 Å². The molecule has 0 spiro atoms. The van der Waals surface area contributed by atoms with Crippen molar-refractivity contribution in [3.63, 3.8) is 0 Å². The number of hydrogen-bond acceptors (Lipinski definition) is 1. The first-order valence-electron chi connectivity index (χ1n) is 4.11. The Hall–Kier alpha value is -0.530. The number of rotatable bonds is 4. The zero-order chi connectivity index (χ0) is 9.68. The van der Waals surface area contributed by atoms with Crippen molar-refractivity contribution in [1.29, 1.82) is 0 Å². The van der Waals surface area contributed by atoms with Gasteiger partial charge in [0.25, 0.3) is 0 Å². The van der Waals surface area contributed by atoms with E-state index in [4.69, 9.17) is 23.2 Å². The van der Waals surface area contributed by atoms with Gasteiger partial charge >= 0.3 is 0 Å². The zero-order valence-corrected chi connectivity index (χ0v) is 8.61. The van der Waals surface area contributed by atoms with Gasteiger partial charge in [-0.15, -0.1) is 0 Å². The molecule has 0 heterocycles. The van der Waals surface area contributed by atoms with Crippen LogP contribution >= 0.6 is 23.2 Å². The van der Waals surface area contributed by atoms with E-state index >= 15 is 0 Å². The largest absolute Gasteiger partial charge is 0.303 e. The number of carbonyl (C=O) groups is 1. The Labute approximate surface area is 87.7 Å². The van der Waals surface area contributed by atoms with Gasteiger partial charge in [-0.1, -0.05) is 29.3 Å². The predicted octanol–water partition coefficient (Wildman–Crippen LogP) is 3.52. The van der Waals surface area contributed by atoms with Crippen LogP contribution in [0.3, 0.4) is 0 Å². The lowest BCUT2D eigenvalue weighted by molar-refractivity contribution is -0.107. The van der Waals surface area contributed by atoms with Crippen LogP contribution < -0.4 is 0 Å². The molecule has 1 nitrogen and oxygen atoms in total. The molecule has 0 fully saturated rings. The van der Waals surface area contributed by atoms with Gasteiger partial charge in [-0.2, -0.15) is 0 Å². The van der Waals surface area contributed by atoms with Gasteiger partial charge in [0.2, 0.25) is 0 Å². The van der Waals surface area contributed by atoms with Crippen LogP contribution in [-0.4, -0.2) is 6.29 Å². The van der Waals surface area contributed by atoms with E-state index in [-0.39, 0.29) is 0 Å². The minimum Gasteiger partial charge on any atom is -0.303 e. The van der Waals surface area contributed by atoms with E-state index in [0.717, 1.165) is 24.7 Å². The van der Waals surface area contributed by atoms with Crippen molar-refractivity contribution in [2.24, 2.45) is 0 Å². The number of carbonyl (C=O) groups excluding carboxylic acids is 1. The molecule has 0 saturated carbocycles. The van der Waals surface area contributed by atoms with E-state index in [1.807, 2.05) is 12.1 Å². The average Bonchev–Trinajstić information content (AvgIpc) is 2.12. The third kappa shape index (κ3) is 3.37. The van der Waals surface area contributed by atoms with Crippen molar-refractivity contribution in [2.75, 3.05) is 0 Å². The fourth-order valence-corrected chi connectivity index (χ4v) is 1.41. The first-order valence-corrected chi connectivity index (χ1v) is 4.87. The summed E-state index contributed by atoms with van der Waals surface area (Å²) in [6.45, 7) is 0. The highest BCUT2D eigenvalue weighted by molar-refractivity contribution is 6.42. The second kappa shape index (κ2) is 5.25. The Morgan fingerprint density at radius 2 is 2.00 bits per heavy atom. The fourth-order valence-electron chi connectivity index (χ4n) is 1.08. The Balaban J connectivity index is 2.57. The Morgan fingerprint density at radius 3 is 2.62 bits per heavy atom. The van der Waals surface area contributed by atoms with Crippen LogP contribution in [0.2, 0.25) is 10.0 Å². The van der Waals surface area contributed by atoms with Crippen LogP contribution in [0.4, 0.5) is 0 Å². The number of hydrogen-bond donors (Lipinski definition) is 0. The number of aldehydes is 1. The summed E-state index contributed by atoms with van der Waals surface area (Å²) in [6.07, 6.45) is 3.26. The van der Waals surface area contributed by atoms with E-state index in [2.05, 4.69) is 0 Å². The Bertz CT molecular complexity index is 297. The average molecular weight is 217 g/mol. The van der Waals surface area contributed by atoms with Crippen molar-refractivity contribution < 1.29 is 4.79 Å². The third-order valence-electron chi connectivity index (χ3n) is 1.77. The van der Waals surface area contributed by atoms with Gasteiger partial charge < -0.3 is 4.79 Å². The van der Waals surface area contributed by atoms with E-state index in [0.29, 0.717) is 16.5 Å². The van der Waals surface area contributed by atoms with Crippen LogP contribution in [0, 0.1) is 0 Å². The summed E-state index contributed by atoms with van der Waals surface area (Å²) in [5.74, 6) is 0. The Morgan fingerprint density at radius 1 is 1.23 bits per heavy atom. The topological polar surface area (TPSA) is 17.1 Å². The van der Waals surface area contributed by atoms with E-state index in [9.17, 15) is 4.79 Å².